The molecule has 188 valence electrons. The van der Waals surface area contributed by atoms with E-state index in [-0.39, 0.29) is 50.8 Å². The van der Waals surface area contributed by atoms with Crippen LogP contribution < -0.4 is 34.1 Å². The predicted octanol–water partition coefficient (Wildman–Crippen LogP) is -1.17. The summed E-state index contributed by atoms with van der Waals surface area (Å²) in [5.74, 6) is 0.578. The van der Waals surface area contributed by atoms with Crippen LogP contribution >= 0.6 is 11.8 Å². The largest absolute Gasteiger partial charge is 0.336 e. The van der Waals surface area contributed by atoms with Crippen LogP contribution in [0.5, 0.6) is 0 Å². The molecule has 0 amide bonds. The summed E-state index contributed by atoms with van der Waals surface area (Å²) in [7, 11) is 0. The van der Waals surface area contributed by atoms with Gasteiger partial charge in [0.05, 0.1) is 26.2 Å². The van der Waals surface area contributed by atoms with Crippen molar-refractivity contribution in [3.05, 3.63) is 114 Å². The van der Waals surface area contributed by atoms with Crippen molar-refractivity contribution >= 4 is 11.8 Å². The van der Waals surface area contributed by atoms with Crippen molar-refractivity contribution in [3.63, 3.8) is 0 Å². The molecule has 2 heterocycles. The van der Waals surface area contributed by atoms with E-state index in [9.17, 15) is 28.8 Å². The quantitative estimate of drug-likeness (QED) is 0.234. The van der Waals surface area contributed by atoms with Gasteiger partial charge in [-0.15, -0.1) is 26.3 Å². The van der Waals surface area contributed by atoms with Gasteiger partial charge < -0.3 is 0 Å². The molecule has 0 radical (unpaired) electrons. The van der Waals surface area contributed by atoms with E-state index in [1.165, 1.54) is 36.1 Å². The first-order valence-corrected chi connectivity index (χ1v) is 11.8. The van der Waals surface area contributed by atoms with Crippen molar-refractivity contribution in [3.8, 4) is 0 Å². The lowest BCUT2D eigenvalue weighted by atomic mass is 10.5. The molecular weight excluding hydrogens is 476 g/mol. The lowest BCUT2D eigenvalue weighted by Gasteiger charge is -2.13. The van der Waals surface area contributed by atoms with Gasteiger partial charge in [0.15, 0.2) is 0 Å². The van der Waals surface area contributed by atoms with Crippen LogP contribution in [0.4, 0.5) is 0 Å². The van der Waals surface area contributed by atoms with Crippen molar-refractivity contribution in [2.45, 2.75) is 39.3 Å². The summed E-state index contributed by atoms with van der Waals surface area (Å²) in [6.07, 6.45) is 5.53. The highest BCUT2D eigenvalue weighted by atomic mass is 32.2. The van der Waals surface area contributed by atoms with E-state index in [2.05, 4.69) is 26.3 Å². The van der Waals surface area contributed by atoms with Crippen LogP contribution in [0.25, 0.3) is 0 Å². The van der Waals surface area contributed by atoms with Gasteiger partial charge >= 0.3 is 34.1 Å². The van der Waals surface area contributed by atoms with Gasteiger partial charge in [-0.3, -0.25) is 0 Å². The third-order valence-electron chi connectivity index (χ3n) is 4.94. The highest BCUT2D eigenvalue weighted by molar-refractivity contribution is 7.99. The van der Waals surface area contributed by atoms with Gasteiger partial charge in [-0.05, 0) is 0 Å². The molecule has 13 heteroatoms. The molecule has 0 aliphatic heterocycles. The molecule has 35 heavy (non-hydrogen) atoms. The van der Waals surface area contributed by atoms with Crippen LogP contribution in [0.1, 0.15) is 0 Å². The highest BCUT2D eigenvalue weighted by Crippen LogP contribution is 2.00. The Morgan fingerprint density at radius 1 is 0.457 bits per heavy atom. The van der Waals surface area contributed by atoms with E-state index in [4.69, 9.17) is 0 Å². The molecule has 0 aliphatic carbocycles. The third-order valence-corrected chi connectivity index (χ3v) is 5.88. The van der Waals surface area contributed by atoms with Crippen molar-refractivity contribution in [2.24, 2.45) is 0 Å². The number of nitrogens with zero attached hydrogens (tertiary/aromatic N) is 6. The Morgan fingerprint density at radius 2 is 0.686 bits per heavy atom. The zero-order valence-corrected chi connectivity index (χ0v) is 20.2. The Morgan fingerprint density at radius 3 is 0.914 bits per heavy atom. The fraction of sp³-hybridized carbons (Fsp3) is 0.364. The van der Waals surface area contributed by atoms with E-state index >= 15 is 0 Å². The fourth-order valence-electron chi connectivity index (χ4n) is 3.30. The second-order valence-electron chi connectivity index (χ2n) is 7.21. The lowest BCUT2D eigenvalue weighted by Crippen LogP contribution is -2.54. The Labute approximate surface area is 203 Å². The number of allylic oxidation sites excluding steroid dienone is 4. The zero-order chi connectivity index (χ0) is 26.1. The molecule has 0 fully saturated rings. The Kier molecular flexibility index (Phi) is 9.82. The maximum Gasteiger partial charge on any atom is 0.336 e. The monoisotopic (exact) mass is 504 g/mol. The minimum atomic E-state index is -0.749. The molecule has 2 aromatic rings. The second kappa shape index (κ2) is 12.6. The maximum absolute atomic E-state index is 12.7. The summed E-state index contributed by atoms with van der Waals surface area (Å²) in [5.41, 5.74) is -4.48. The van der Waals surface area contributed by atoms with Crippen LogP contribution in [-0.4, -0.2) is 38.9 Å². The van der Waals surface area contributed by atoms with E-state index < -0.39 is 34.1 Å². The number of aromatic nitrogens is 6. The summed E-state index contributed by atoms with van der Waals surface area (Å²) >= 11 is 1.29. The van der Waals surface area contributed by atoms with Gasteiger partial charge in [0.1, 0.15) is 0 Å². The first-order valence-electron chi connectivity index (χ1n) is 10.6. The number of rotatable bonds is 14. The molecule has 0 saturated heterocycles. The molecule has 12 nitrogen and oxygen atoms in total. The average Bonchev–Trinajstić information content (AvgIpc) is 2.83. The fourth-order valence-corrected chi connectivity index (χ4v) is 4.13. The van der Waals surface area contributed by atoms with Gasteiger partial charge in [0.25, 0.3) is 0 Å². The maximum atomic E-state index is 12.7. The molecule has 2 aromatic heterocycles. The first-order chi connectivity index (χ1) is 16.7. The summed E-state index contributed by atoms with van der Waals surface area (Å²) in [5, 5.41) is 0. The summed E-state index contributed by atoms with van der Waals surface area (Å²) in [4.78, 5) is 75.5. The minimum Gasteiger partial charge on any atom is -0.247 e. The smallest absolute Gasteiger partial charge is 0.247 e. The van der Waals surface area contributed by atoms with Crippen molar-refractivity contribution in [1.82, 2.24) is 27.4 Å². The zero-order valence-electron chi connectivity index (χ0n) is 19.3. The molecule has 0 aromatic carbocycles. The van der Waals surface area contributed by atoms with E-state index in [1.54, 1.807) is 0 Å². The Hall–Kier alpha value is -3.87. The van der Waals surface area contributed by atoms with Gasteiger partial charge in [-0.1, -0.05) is 24.3 Å². The van der Waals surface area contributed by atoms with Crippen LogP contribution in [0, 0.1) is 0 Å². The normalized spacial score (nSPS) is 10.7. The van der Waals surface area contributed by atoms with Crippen molar-refractivity contribution in [2.75, 3.05) is 11.5 Å². The van der Waals surface area contributed by atoms with Crippen LogP contribution in [0.15, 0.2) is 79.4 Å². The molecular formula is C22H28N6O6S. The van der Waals surface area contributed by atoms with Gasteiger partial charge in [0.2, 0.25) is 0 Å². The molecule has 0 unspecified atom stereocenters. The second-order valence-corrected chi connectivity index (χ2v) is 8.43. The van der Waals surface area contributed by atoms with Crippen LogP contribution in [0.2, 0.25) is 0 Å². The van der Waals surface area contributed by atoms with E-state index in [0.717, 1.165) is 27.4 Å². The standard InChI is InChI=1S/C22H28N6O6S/c1-5-9-23-17(29)24(10-6-2)20(32)27(19(23)31)13-15-35-16-14-28-21(33)25(11-7-3)18(30)26(12-8-4)22(28)34/h5-8H,1-4,9-16H2. The molecule has 0 bridgehead atoms. The summed E-state index contributed by atoms with van der Waals surface area (Å²) in [6, 6.07) is 0. The lowest BCUT2D eigenvalue weighted by molar-refractivity contribution is 0.490. The van der Waals surface area contributed by atoms with E-state index in [0.29, 0.717) is 0 Å². The average molecular weight is 505 g/mol. The predicted molar refractivity (Wildman–Crippen MR) is 137 cm³/mol. The number of hydrogen-bond acceptors (Lipinski definition) is 7. The van der Waals surface area contributed by atoms with Gasteiger partial charge in [-0.2, -0.15) is 11.8 Å². The number of thioether (sulfide) groups is 1. The number of hydrogen-bond donors (Lipinski definition) is 0. The van der Waals surface area contributed by atoms with Crippen LogP contribution in [-0.2, 0) is 39.3 Å². The molecule has 0 N–H and O–H groups in total. The Balaban J connectivity index is 2.25. The van der Waals surface area contributed by atoms with Crippen molar-refractivity contribution in [1.29, 1.82) is 0 Å². The summed E-state index contributed by atoms with van der Waals surface area (Å²) in [6.45, 7) is 13.9. The van der Waals surface area contributed by atoms with Crippen LogP contribution in [0.3, 0.4) is 0 Å². The highest BCUT2D eigenvalue weighted by Gasteiger charge is 2.15. The topological polar surface area (TPSA) is 132 Å². The molecule has 0 spiro atoms. The minimum absolute atomic E-state index is 0.00244. The molecule has 0 saturated carbocycles. The summed E-state index contributed by atoms with van der Waals surface area (Å²) < 4.78 is 5.55. The SMILES string of the molecule is C=CCn1c(=O)n(CC=C)c(=O)n(CCSCCn2c(=O)n(CC=C)c(=O)n(CC=C)c2=O)c1=O. The molecule has 0 aliphatic rings. The molecule has 2 rings (SSSR count). The van der Waals surface area contributed by atoms with E-state index in [1.807, 2.05) is 0 Å². The first kappa shape index (κ1) is 27.4. The molecule has 0 atom stereocenters. The van der Waals surface area contributed by atoms with Crippen molar-refractivity contribution < 1.29 is 0 Å². The van der Waals surface area contributed by atoms with Gasteiger partial charge in [0, 0.05) is 24.6 Å². The Bertz CT molecular complexity index is 1270. The third kappa shape index (κ3) is 5.80. The van der Waals surface area contributed by atoms with Gasteiger partial charge in [-0.25, -0.2) is 56.2 Å².